The van der Waals surface area contributed by atoms with Gasteiger partial charge in [-0.3, -0.25) is 14.5 Å². The number of nitrogens with one attached hydrogen (secondary N) is 1. The summed E-state index contributed by atoms with van der Waals surface area (Å²) >= 11 is 0. The first kappa shape index (κ1) is 14.8. The standard InChI is InChI=1S/C17H17N5O2/c23-17(15-10-19-13-3-1-2-4-14(13)21-15)18-6-7-22-16-5-8-24-11-12(16)9-20-22/h1-4,9-10H,5-8,11H2,(H,18,23). The summed E-state index contributed by atoms with van der Waals surface area (Å²) in [5.74, 6) is -0.224. The molecular weight excluding hydrogens is 306 g/mol. The zero-order chi connectivity index (χ0) is 16.4. The van der Waals surface area contributed by atoms with Crippen LogP contribution in [0.25, 0.3) is 11.0 Å². The van der Waals surface area contributed by atoms with Crippen molar-refractivity contribution in [1.82, 2.24) is 25.1 Å². The molecule has 1 aromatic carbocycles. The molecule has 7 nitrogen and oxygen atoms in total. The van der Waals surface area contributed by atoms with Crippen LogP contribution >= 0.6 is 0 Å². The van der Waals surface area contributed by atoms with E-state index < -0.39 is 0 Å². The summed E-state index contributed by atoms with van der Waals surface area (Å²) in [6, 6.07) is 7.49. The molecule has 1 aliphatic rings. The van der Waals surface area contributed by atoms with Gasteiger partial charge in [0.1, 0.15) is 5.69 Å². The van der Waals surface area contributed by atoms with Crippen LogP contribution in [0.1, 0.15) is 21.7 Å². The average Bonchev–Trinajstić information content (AvgIpc) is 3.04. The van der Waals surface area contributed by atoms with Crippen molar-refractivity contribution in [2.24, 2.45) is 0 Å². The summed E-state index contributed by atoms with van der Waals surface area (Å²) in [5.41, 5.74) is 4.14. The van der Waals surface area contributed by atoms with Crippen molar-refractivity contribution < 1.29 is 9.53 Å². The van der Waals surface area contributed by atoms with Crippen LogP contribution in [-0.4, -0.2) is 38.8 Å². The Morgan fingerprint density at radius 1 is 1.25 bits per heavy atom. The smallest absolute Gasteiger partial charge is 0.271 e. The Hall–Kier alpha value is -2.80. The van der Waals surface area contributed by atoms with Crippen molar-refractivity contribution in [2.45, 2.75) is 19.6 Å². The Bertz CT molecular complexity index is 890. The van der Waals surface area contributed by atoms with Gasteiger partial charge in [0.05, 0.1) is 43.2 Å². The van der Waals surface area contributed by atoms with Crippen molar-refractivity contribution in [3.8, 4) is 0 Å². The van der Waals surface area contributed by atoms with Crippen LogP contribution in [0.2, 0.25) is 0 Å². The Morgan fingerprint density at radius 3 is 3.04 bits per heavy atom. The Kier molecular flexibility index (Phi) is 3.92. The third-order valence-corrected chi connectivity index (χ3v) is 4.07. The zero-order valence-corrected chi connectivity index (χ0v) is 13.1. The zero-order valence-electron chi connectivity index (χ0n) is 13.1. The lowest BCUT2D eigenvalue weighted by atomic mass is 10.2. The van der Waals surface area contributed by atoms with Crippen molar-refractivity contribution in [3.63, 3.8) is 0 Å². The topological polar surface area (TPSA) is 81.9 Å². The quantitative estimate of drug-likeness (QED) is 0.783. The molecule has 1 aliphatic heterocycles. The molecular formula is C17H17N5O2. The molecule has 24 heavy (non-hydrogen) atoms. The number of aromatic nitrogens is 4. The number of benzene rings is 1. The van der Waals surface area contributed by atoms with Gasteiger partial charge in [-0.25, -0.2) is 4.98 Å². The van der Waals surface area contributed by atoms with Crippen LogP contribution in [-0.2, 0) is 24.3 Å². The first-order valence-electron chi connectivity index (χ1n) is 7.92. The number of carbonyl (C=O) groups excluding carboxylic acids is 1. The number of amides is 1. The fourth-order valence-electron chi connectivity index (χ4n) is 2.84. The number of ether oxygens (including phenoxy) is 1. The maximum atomic E-state index is 12.2. The van der Waals surface area contributed by atoms with E-state index in [9.17, 15) is 4.79 Å². The fourth-order valence-corrected chi connectivity index (χ4v) is 2.84. The number of hydrogen-bond donors (Lipinski definition) is 1. The van der Waals surface area contributed by atoms with Crippen LogP contribution in [0.3, 0.4) is 0 Å². The SMILES string of the molecule is O=C(NCCn1ncc2c1CCOC2)c1cnc2ccccc2n1. The first-order valence-corrected chi connectivity index (χ1v) is 7.92. The summed E-state index contributed by atoms with van der Waals surface area (Å²) < 4.78 is 7.34. The highest BCUT2D eigenvalue weighted by molar-refractivity contribution is 5.93. The molecule has 122 valence electrons. The van der Waals surface area contributed by atoms with Crippen LogP contribution < -0.4 is 5.32 Å². The van der Waals surface area contributed by atoms with E-state index in [4.69, 9.17) is 4.74 Å². The van der Waals surface area contributed by atoms with E-state index in [0.29, 0.717) is 30.9 Å². The van der Waals surface area contributed by atoms with Crippen LogP contribution in [0.4, 0.5) is 0 Å². The second-order valence-electron chi connectivity index (χ2n) is 5.64. The van der Waals surface area contributed by atoms with Crippen molar-refractivity contribution in [2.75, 3.05) is 13.2 Å². The van der Waals surface area contributed by atoms with Gasteiger partial charge in [-0.1, -0.05) is 12.1 Å². The first-order chi connectivity index (χ1) is 11.8. The number of rotatable bonds is 4. The van der Waals surface area contributed by atoms with Crippen molar-refractivity contribution >= 4 is 16.9 Å². The molecule has 0 bridgehead atoms. The van der Waals surface area contributed by atoms with Crippen molar-refractivity contribution in [1.29, 1.82) is 0 Å². The fraction of sp³-hybridized carbons (Fsp3) is 0.294. The lowest BCUT2D eigenvalue weighted by Crippen LogP contribution is -2.29. The molecule has 0 saturated heterocycles. The third kappa shape index (κ3) is 2.85. The molecule has 3 aromatic rings. The van der Waals surface area contributed by atoms with Gasteiger partial charge in [-0.2, -0.15) is 5.10 Å². The Balaban J connectivity index is 1.40. The maximum Gasteiger partial charge on any atom is 0.271 e. The summed E-state index contributed by atoms with van der Waals surface area (Å²) in [6.07, 6.45) is 4.20. The normalized spacial score (nSPS) is 13.7. The summed E-state index contributed by atoms with van der Waals surface area (Å²) in [6.45, 7) is 2.45. The maximum absolute atomic E-state index is 12.2. The minimum Gasteiger partial charge on any atom is -0.376 e. The van der Waals surface area contributed by atoms with Crippen LogP contribution in [0, 0.1) is 0 Å². The van der Waals surface area contributed by atoms with Gasteiger partial charge in [0.25, 0.3) is 5.91 Å². The molecule has 0 fully saturated rings. The van der Waals surface area contributed by atoms with E-state index >= 15 is 0 Å². The van der Waals surface area contributed by atoms with E-state index in [2.05, 4.69) is 20.4 Å². The number of nitrogens with zero attached hydrogens (tertiary/aromatic N) is 4. The summed E-state index contributed by atoms with van der Waals surface area (Å²) in [7, 11) is 0. The monoisotopic (exact) mass is 323 g/mol. The average molecular weight is 323 g/mol. The number of carbonyl (C=O) groups is 1. The van der Waals surface area contributed by atoms with Gasteiger partial charge in [0.15, 0.2) is 0 Å². The number of fused-ring (bicyclic) bond motifs is 2. The molecule has 0 unspecified atom stereocenters. The molecule has 0 saturated carbocycles. The van der Waals surface area contributed by atoms with Crippen LogP contribution in [0.15, 0.2) is 36.7 Å². The van der Waals surface area contributed by atoms with E-state index in [1.165, 1.54) is 11.9 Å². The van der Waals surface area contributed by atoms with Gasteiger partial charge < -0.3 is 10.1 Å². The number of hydrogen-bond acceptors (Lipinski definition) is 5. The van der Waals surface area contributed by atoms with Gasteiger partial charge in [-0.05, 0) is 12.1 Å². The molecule has 0 atom stereocenters. The second-order valence-corrected chi connectivity index (χ2v) is 5.64. The molecule has 2 aromatic heterocycles. The predicted octanol–water partition coefficient (Wildman–Crippen LogP) is 1.33. The molecule has 0 aliphatic carbocycles. The molecule has 7 heteroatoms. The Morgan fingerprint density at radius 2 is 2.12 bits per heavy atom. The molecule has 0 spiro atoms. The van der Waals surface area contributed by atoms with Gasteiger partial charge in [-0.15, -0.1) is 0 Å². The van der Waals surface area contributed by atoms with Gasteiger partial charge >= 0.3 is 0 Å². The minimum atomic E-state index is -0.224. The van der Waals surface area contributed by atoms with E-state index in [1.807, 2.05) is 35.1 Å². The summed E-state index contributed by atoms with van der Waals surface area (Å²) in [5, 5.41) is 7.24. The Labute approximate surface area is 138 Å². The lowest BCUT2D eigenvalue weighted by Gasteiger charge is -2.14. The van der Waals surface area contributed by atoms with E-state index in [1.54, 1.807) is 0 Å². The minimum absolute atomic E-state index is 0.224. The highest BCUT2D eigenvalue weighted by Crippen LogP contribution is 2.15. The highest BCUT2D eigenvalue weighted by Gasteiger charge is 2.15. The molecule has 1 amide bonds. The van der Waals surface area contributed by atoms with E-state index in [0.717, 1.165) is 24.1 Å². The van der Waals surface area contributed by atoms with Gasteiger partial charge in [0.2, 0.25) is 0 Å². The lowest BCUT2D eigenvalue weighted by molar-refractivity contribution is 0.0945. The predicted molar refractivity (Wildman–Crippen MR) is 87.5 cm³/mol. The molecule has 0 radical (unpaired) electrons. The third-order valence-electron chi connectivity index (χ3n) is 4.07. The molecule has 4 rings (SSSR count). The van der Waals surface area contributed by atoms with E-state index in [-0.39, 0.29) is 5.91 Å². The largest absolute Gasteiger partial charge is 0.376 e. The summed E-state index contributed by atoms with van der Waals surface area (Å²) in [4.78, 5) is 20.9. The number of para-hydroxylation sites is 2. The van der Waals surface area contributed by atoms with Crippen LogP contribution in [0.5, 0.6) is 0 Å². The molecule has 1 N–H and O–H groups in total. The highest BCUT2D eigenvalue weighted by atomic mass is 16.5. The van der Waals surface area contributed by atoms with Crippen molar-refractivity contribution in [3.05, 3.63) is 53.6 Å². The molecule has 3 heterocycles. The van der Waals surface area contributed by atoms with Gasteiger partial charge in [0, 0.05) is 24.2 Å². The second kappa shape index (κ2) is 6.37.